The van der Waals surface area contributed by atoms with Gasteiger partial charge in [-0.25, -0.2) is 4.21 Å². The maximum absolute atomic E-state index is 12.5. The lowest BCUT2D eigenvalue weighted by molar-refractivity contribution is -0.00470. The summed E-state index contributed by atoms with van der Waals surface area (Å²) in [5.74, 6) is -0.123. The minimum absolute atomic E-state index is 0.123. The molecule has 0 N–H and O–H groups in total. The molecule has 0 saturated heterocycles. The smallest absolute Gasteiger partial charge is 0.360 e. The van der Waals surface area contributed by atoms with Crippen LogP contribution in [0.3, 0.4) is 0 Å². The molecule has 0 bridgehead atoms. The average molecular weight is 268 g/mol. The molecule has 0 amide bonds. The van der Waals surface area contributed by atoms with Crippen LogP contribution in [0.1, 0.15) is 17.0 Å². The van der Waals surface area contributed by atoms with E-state index in [9.17, 15) is 9.74 Å². The molecule has 3 rings (SSSR count). The van der Waals surface area contributed by atoms with Crippen molar-refractivity contribution in [1.82, 2.24) is 0 Å². The minimum Gasteiger partial charge on any atom is -0.360 e. The Kier molecular flexibility index (Phi) is 3.11. The molecule has 2 atom stereocenters. The lowest BCUT2D eigenvalue weighted by Crippen LogP contribution is -2.27. The van der Waals surface area contributed by atoms with E-state index in [4.69, 9.17) is 0 Å². The molecular weight excluding hydrogens is 256 g/mol. The van der Waals surface area contributed by atoms with Gasteiger partial charge in [0, 0.05) is 0 Å². The van der Waals surface area contributed by atoms with Gasteiger partial charge in [-0.15, -0.1) is 0 Å². The van der Waals surface area contributed by atoms with Gasteiger partial charge >= 0.3 is 5.04 Å². The van der Waals surface area contributed by atoms with Gasteiger partial charge in [-0.1, -0.05) is 48.5 Å². The van der Waals surface area contributed by atoms with Crippen molar-refractivity contribution in [1.29, 1.82) is 0 Å². The van der Waals surface area contributed by atoms with E-state index in [0.717, 1.165) is 16.0 Å². The minimum atomic E-state index is -1.38. The fraction of sp³-hybridized carbons (Fsp3) is 0.133. The largest absolute Gasteiger partial charge is 0.367 e. The Hall–Kier alpha value is -2.03. The standard InChI is InChI=1S/C15H12N2OS/c16-17-15-13(11-6-2-1-3-7-11)10-12-8-4-5-9-14(12)19(15)18/h1-9,13H,10H2. The quantitative estimate of drug-likeness (QED) is 0.579. The summed E-state index contributed by atoms with van der Waals surface area (Å²) in [4.78, 5) is 4.05. The van der Waals surface area contributed by atoms with Crippen LogP contribution < -0.4 is 0 Å². The summed E-state index contributed by atoms with van der Waals surface area (Å²) in [5.41, 5.74) is 11.3. The van der Waals surface area contributed by atoms with Crippen LogP contribution in [0.25, 0.3) is 5.53 Å². The van der Waals surface area contributed by atoms with Gasteiger partial charge in [0.25, 0.3) is 0 Å². The third kappa shape index (κ3) is 2.05. The van der Waals surface area contributed by atoms with Gasteiger partial charge in [0.15, 0.2) is 10.8 Å². The SMILES string of the molecule is [N-]=[N+]=C1C(c2ccccc2)Cc2ccccc2S1=O. The summed E-state index contributed by atoms with van der Waals surface area (Å²) < 4.78 is 12.5. The first-order valence-corrected chi connectivity index (χ1v) is 7.23. The number of fused-ring (bicyclic) bond motifs is 1. The molecule has 4 heteroatoms. The van der Waals surface area contributed by atoms with Crippen molar-refractivity contribution in [3.05, 3.63) is 71.3 Å². The fourth-order valence-electron chi connectivity index (χ4n) is 2.45. The fourth-order valence-corrected chi connectivity index (χ4v) is 3.82. The molecule has 2 aromatic rings. The summed E-state index contributed by atoms with van der Waals surface area (Å²) in [6.07, 6.45) is 0.714. The van der Waals surface area contributed by atoms with Crippen molar-refractivity contribution in [3.8, 4) is 0 Å². The normalized spacial score (nSPS) is 21.6. The number of benzene rings is 2. The van der Waals surface area contributed by atoms with Crippen LogP contribution in [-0.4, -0.2) is 14.0 Å². The van der Waals surface area contributed by atoms with Crippen LogP contribution in [0.15, 0.2) is 59.5 Å². The van der Waals surface area contributed by atoms with Crippen molar-refractivity contribution >= 4 is 15.8 Å². The summed E-state index contributed by atoms with van der Waals surface area (Å²) in [6, 6.07) is 17.4. The van der Waals surface area contributed by atoms with Crippen LogP contribution in [0.5, 0.6) is 0 Å². The lowest BCUT2D eigenvalue weighted by atomic mass is 9.92. The second kappa shape index (κ2) is 4.92. The summed E-state index contributed by atoms with van der Waals surface area (Å²) >= 11 is 0. The lowest BCUT2D eigenvalue weighted by Gasteiger charge is -2.20. The monoisotopic (exact) mass is 268 g/mol. The molecule has 1 aliphatic heterocycles. The second-order valence-corrected chi connectivity index (χ2v) is 5.88. The Morgan fingerprint density at radius 3 is 2.47 bits per heavy atom. The zero-order chi connectivity index (χ0) is 13.2. The number of hydrogen-bond donors (Lipinski definition) is 0. The van der Waals surface area contributed by atoms with Crippen LogP contribution in [0, 0.1) is 0 Å². The van der Waals surface area contributed by atoms with Gasteiger partial charge in [-0.3, -0.25) is 0 Å². The summed E-state index contributed by atoms with van der Waals surface area (Å²) in [5, 5.41) is 0.338. The van der Waals surface area contributed by atoms with E-state index >= 15 is 0 Å². The molecule has 0 aliphatic carbocycles. The van der Waals surface area contributed by atoms with Gasteiger partial charge in [0.05, 0.1) is 10.8 Å². The van der Waals surface area contributed by atoms with E-state index in [1.165, 1.54) is 0 Å². The van der Waals surface area contributed by atoms with Gasteiger partial charge < -0.3 is 5.53 Å². The first kappa shape index (κ1) is 12.0. The predicted molar refractivity (Wildman–Crippen MR) is 74.4 cm³/mol. The molecule has 3 nitrogen and oxygen atoms in total. The van der Waals surface area contributed by atoms with Gasteiger partial charge in [0.1, 0.15) is 0 Å². The van der Waals surface area contributed by atoms with Crippen molar-refractivity contribution in [3.63, 3.8) is 0 Å². The van der Waals surface area contributed by atoms with E-state index < -0.39 is 10.8 Å². The highest BCUT2D eigenvalue weighted by atomic mass is 32.2. The zero-order valence-corrected chi connectivity index (χ0v) is 11.0. The molecule has 0 radical (unpaired) electrons. The third-order valence-corrected chi connectivity index (χ3v) is 4.93. The highest BCUT2D eigenvalue weighted by Gasteiger charge is 2.38. The second-order valence-electron chi connectivity index (χ2n) is 4.48. The molecule has 0 saturated carbocycles. The molecular formula is C15H12N2OS. The van der Waals surface area contributed by atoms with E-state index in [-0.39, 0.29) is 5.92 Å². The molecule has 0 fully saturated rings. The van der Waals surface area contributed by atoms with Gasteiger partial charge in [-0.2, -0.15) is 4.79 Å². The molecule has 0 spiro atoms. The van der Waals surface area contributed by atoms with Crippen molar-refractivity contribution in [2.24, 2.45) is 0 Å². The molecule has 94 valence electrons. The van der Waals surface area contributed by atoms with Crippen LogP contribution in [0.4, 0.5) is 0 Å². The molecule has 0 aromatic heterocycles. The topological polar surface area (TPSA) is 53.5 Å². The van der Waals surface area contributed by atoms with Gasteiger partial charge in [-0.05, 0) is 23.6 Å². The Balaban J connectivity index is 2.14. The molecule has 1 heterocycles. The third-order valence-electron chi connectivity index (χ3n) is 3.38. The maximum atomic E-state index is 12.5. The van der Waals surface area contributed by atoms with Crippen molar-refractivity contribution in [2.75, 3.05) is 0 Å². The number of hydrogen-bond acceptors (Lipinski definition) is 1. The van der Waals surface area contributed by atoms with Crippen molar-refractivity contribution in [2.45, 2.75) is 17.2 Å². The molecule has 19 heavy (non-hydrogen) atoms. The van der Waals surface area contributed by atoms with Gasteiger partial charge in [0.2, 0.25) is 0 Å². The van der Waals surface area contributed by atoms with Crippen LogP contribution in [0.2, 0.25) is 0 Å². The first-order valence-electron chi connectivity index (χ1n) is 6.08. The van der Waals surface area contributed by atoms with E-state index in [2.05, 4.69) is 4.79 Å². The van der Waals surface area contributed by atoms with E-state index in [1.807, 2.05) is 54.6 Å². The highest BCUT2D eigenvalue weighted by Crippen LogP contribution is 2.32. The Morgan fingerprint density at radius 2 is 1.74 bits per heavy atom. The van der Waals surface area contributed by atoms with E-state index in [1.54, 1.807) is 0 Å². The summed E-state index contributed by atoms with van der Waals surface area (Å²) in [6.45, 7) is 0. The predicted octanol–water partition coefficient (Wildman–Crippen LogP) is 2.76. The Bertz CT molecular complexity index is 690. The molecule has 2 aromatic carbocycles. The molecule has 1 aliphatic rings. The average Bonchev–Trinajstić information content (AvgIpc) is 2.48. The van der Waals surface area contributed by atoms with E-state index in [0.29, 0.717) is 11.5 Å². The van der Waals surface area contributed by atoms with Crippen LogP contribution in [-0.2, 0) is 17.2 Å². The maximum Gasteiger partial charge on any atom is 0.367 e. The number of rotatable bonds is 1. The Morgan fingerprint density at radius 1 is 1.05 bits per heavy atom. The van der Waals surface area contributed by atoms with Crippen LogP contribution >= 0.6 is 0 Å². The first-order chi connectivity index (χ1) is 9.31. The Labute approximate surface area is 114 Å². The highest BCUT2D eigenvalue weighted by molar-refractivity contribution is 8.00. The van der Waals surface area contributed by atoms with Crippen molar-refractivity contribution < 1.29 is 9.00 Å². The zero-order valence-electron chi connectivity index (χ0n) is 10.2. The molecule has 2 unspecified atom stereocenters. The number of nitrogens with zero attached hydrogens (tertiary/aromatic N) is 2. The summed E-state index contributed by atoms with van der Waals surface area (Å²) in [7, 11) is -1.38.